The molecule has 2 N–H and O–H groups in total. The minimum absolute atomic E-state index is 0.127. The molecule has 25 heavy (non-hydrogen) atoms. The lowest BCUT2D eigenvalue weighted by atomic mass is 9.82. The highest BCUT2D eigenvalue weighted by atomic mass is 16.4. The summed E-state index contributed by atoms with van der Waals surface area (Å²) in [5, 5.41) is 12.2. The summed E-state index contributed by atoms with van der Waals surface area (Å²) in [6, 6.07) is 3.65. The van der Waals surface area contributed by atoms with Gasteiger partial charge in [-0.25, -0.2) is 4.98 Å². The largest absolute Gasteiger partial charge is 0.481 e. The van der Waals surface area contributed by atoms with E-state index in [1.807, 2.05) is 19.9 Å². The number of pyridine rings is 1. The normalized spacial score (nSPS) is 15.5. The van der Waals surface area contributed by atoms with E-state index in [0.29, 0.717) is 18.4 Å². The Balaban J connectivity index is 1.99. The Kier molecular flexibility index (Phi) is 6.79. The molecule has 1 saturated heterocycles. The topological polar surface area (TPSA) is 82.5 Å². The van der Waals surface area contributed by atoms with Gasteiger partial charge in [0.15, 0.2) is 0 Å². The molecule has 1 aromatic rings. The van der Waals surface area contributed by atoms with Crippen molar-refractivity contribution in [3.8, 4) is 0 Å². The minimum atomic E-state index is -0.908. The average Bonchev–Trinajstić information content (AvgIpc) is 2.92. The van der Waals surface area contributed by atoms with Crippen molar-refractivity contribution in [1.29, 1.82) is 0 Å². The molecule has 6 nitrogen and oxygen atoms in total. The molecule has 1 amide bonds. The van der Waals surface area contributed by atoms with E-state index in [-0.39, 0.29) is 12.5 Å². The Bertz CT molecular complexity index is 574. The fourth-order valence-corrected chi connectivity index (χ4v) is 3.24. The van der Waals surface area contributed by atoms with Crippen molar-refractivity contribution in [1.82, 2.24) is 10.3 Å². The number of hydrogen-bond donors (Lipinski definition) is 2. The zero-order valence-corrected chi connectivity index (χ0v) is 15.3. The second-order valence-corrected chi connectivity index (χ2v) is 6.78. The van der Waals surface area contributed by atoms with E-state index in [1.54, 1.807) is 12.3 Å². The smallest absolute Gasteiger partial charge is 0.311 e. The molecule has 0 spiro atoms. The number of nitrogens with zero attached hydrogens (tertiary/aromatic N) is 2. The van der Waals surface area contributed by atoms with Crippen molar-refractivity contribution in [3.05, 3.63) is 23.9 Å². The van der Waals surface area contributed by atoms with Gasteiger partial charge in [-0.3, -0.25) is 9.59 Å². The molecule has 2 heterocycles. The molecule has 0 radical (unpaired) electrons. The zero-order chi connectivity index (χ0) is 18.3. The predicted octanol–water partition coefficient (Wildman–Crippen LogP) is 3.08. The van der Waals surface area contributed by atoms with Gasteiger partial charge in [-0.1, -0.05) is 26.7 Å². The number of aromatic nitrogens is 1. The third-order valence-corrected chi connectivity index (χ3v) is 5.33. The number of carboxylic acids is 1. The lowest BCUT2D eigenvalue weighted by Crippen LogP contribution is -2.42. The van der Waals surface area contributed by atoms with Gasteiger partial charge in [-0.15, -0.1) is 0 Å². The van der Waals surface area contributed by atoms with Crippen LogP contribution in [0, 0.1) is 5.41 Å². The minimum Gasteiger partial charge on any atom is -0.481 e. The molecule has 1 fully saturated rings. The monoisotopic (exact) mass is 347 g/mol. The number of nitrogens with one attached hydrogen (secondary N) is 1. The van der Waals surface area contributed by atoms with Gasteiger partial charge in [0.05, 0.1) is 11.0 Å². The lowest BCUT2D eigenvalue weighted by Gasteiger charge is -2.26. The summed E-state index contributed by atoms with van der Waals surface area (Å²) < 4.78 is 0. The number of carbonyl (C=O) groups excluding carboxylic acids is 1. The van der Waals surface area contributed by atoms with Crippen LogP contribution >= 0.6 is 0 Å². The summed E-state index contributed by atoms with van der Waals surface area (Å²) in [5.41, 5.74) is -0.445. The summed E-state index contributed by atoms with van der Waals surface area (Å²) in [6.07, 6.45) is 7.41. The molecule has 1 aliphatic heterocycles. The molecule has 0 atom stereocenters. The van der Waals surface area contributed by atoms with E-state index in [1.165, 1.54) is 25.7 Å². The predicted molar refractivity (Wildman–Crippen MR) is 97.9 cm³/mol. The highest BCUT2D eigenvalue weighted by molar-refractivity contribution is 5.94. The maximum atomic E-state index is 12.3. The van der Waals surface area contributed by atoms with Crippen molar-refractivity contribution in [2.75, 3.05) is 24.5 Å². The average molecular weight is 347 g/mol. The van der Waals surface area contributed by atoms with Crippen LogP contribution in [0.1, 0.15) is 62.7 Å². The Labute approximate surface area is 149 Å². The Hall–Kier alpha value is -2.11. The van der Waals surface area contributed by atoms with Crippen LogP contribution in [-0.4, -0.2) is 41.6 Å². The molecule has 6 heteroatoms. The van der Waals surface area contributed by atoms with E-state index in [4.69, 9.17) is 0 Å². The van der Waals surface area contributed by atoms with Gasteiger partial charge in [0.1, 0.15) is 5.82 Å². The van der Waals surface area contributed by atoms with E-state index in [0.717, 1.165) is 18.9 Å². The molecule has 1 aromatic heterocycles. The van der Waals surface area contributed by atoms with Gasteiger partial charge in [0.25, 0.3) is 5.91 Å². The standard InChI is InChI=1S/C19H29N3O3/c1-3-19(4-2,18(24)25)14-21-17(23)15-9-10-16(20-13-15)22-11-7-5-6-8-12-22/h9-10,13H,3-8,11-12,14H2,1-2H3,(H,21,23)(H,24,25). The van der Waals surface area contributed by atoms with Crippen molar-refractivity contribution in [2.45, 2.75) is 52.4 Å². The van der Waals surface area contributed by atoms with Crippen LogP contribution in [0.15, 0.2) is 18.3 Å². The van der Waals surface area contributed by atoms with Crippen LogP contribution in [0.5, 0.6) is 0 Å². The summed E-state index contributed by atoms with van der Waals surface area (Å²) >= 11 is 0. The van der Waals surface area contributed by atoms with Crippen molar-refractivity contribution in [2.24, 2.45) is 5.41 Å². The fourth-order valence-electron chi connectivity index (χ4n) is 3.24. The maximum absolute atomic E-state index is 12.3. The summed E-state index contributed by atoms with van der Waals surface area (Å²) in [6.45, 7) is 5.81. The lowest BCUT2D eigenvalue weighted by molar-refractivity contribution is -0.149. The first-order chi connectivity index (χ1) is 12.0. The molecule has 0 aromatic carbocycles. The van der Waals surface area contributed by atoms with E-state index in [2.05, 4.69) is 15.2 Å². The quantitative estimate of drug-likeness (QED) is 0.792. The molecule has 1 aliphatic rings. The SMILES string of the molecule is CCC(CC)(CNC(=O)c1ccc(N2CCCCCC2)nc1)C(=O)O. The van der Waals surface area contributed by atoms with Crippen molar-refractivity contribution < 1.29 is 14.7 Å². The molecule has 0 unspecified atom stereocenters. The number of carbonyl (C=O) groups is 2. The van der Waals surface area contributed by atoms with Gasteiger partial charge in [-0.05, 0) is 37.8 Å². The molecule has 0 bridgehead atoms. The van der Waals surface area contributed by atoms with Gasteiger partial charge < -0.3 is 15.3 Å². The van der Waals surface area contributed by atoms with E-state index in [9.17, 15) is 14.7 Å². The van der Waals surface area contributed by atoms with Gasteiger partial charge in [-0.2, -0.15) is 0 Å². The summed E-state index contributed by atoms with van der Waals surface area (Å²) in [4.78, 5) is 30.5. The van der Waals surface area contributed by atoms with Crippen LogP contribution in [0.4, 0.5) is 5.82 Å². The van der Waals surface area contributed by atoms with Crippen LogP contribution < -0.4 is 10.2 Å². The Morgan fingerprint density at radius 1 is 1.16 bits per heavy atom. The van der Waals surface area contributed by atoms with Crippen molar-refractivity contribution in [3.63, 3.8) is 0 Å². The number of amides is 1. The maximum Gasteiger partial charge on any atom is 0.311 e. The second kappa shape index (κ2) is 8.83. The first kappa shape index (κ1) is 19.2. The summed E-state index contributed by atoms with van der Waals surface area (Å²) in [5.74, 6) is -0.240. The Morgan fingerprint density at radius 3 is 2.28 bits per heavy atom. The number of anilines is 1. The number of aliphatic carboxylic acids is 1. The number of rotatable bonds is 7. The molecule has 0 aliphatic carbocycles. The second-order valence-electron chi connectivity index (χ2n) is 6.78. The molecule has 138 valence electrons. The van der Waals surface area contributed by atoms with Crippen LogP contribution in [0.2, 0.25) is 0 Å². The highest BCUT2D eigenvalue weighted by Crippen LogP contribution is 2.26. The molecule has 2 rings (SSSR count). The van der Waals surface area contributed by atoms with Gasteiger partial charge in [0, 0.05) is 25.8 Å². The van der Waals surface area contributed by atoms with Gasteiger partial charge in [0.2, 0.25) is 0 Å². The number of hydrogen-bond acceptors (Lipinski definition) is 4. The highest BCUT2D eigenvalue weighted by Gasteiger charge is 2.35. The van der Waals surface area contributed by atoms with Crippen LogP contribution in [0.3, 0.4) is 0 Å². The fraction of sp³-hybridized carbons (Fsp3) is 0.632. The van der Waals surface area contributed by atoms with Crippen molar-refractivity contribution >= 4 is 17.7 Å². The number of carboxylic acid groups (broad SMARTS) is 1. The third-order valence-electron chi connectivity index (χ3n) is 5.33. The van der Waals surface area contributed by atoms with Gasteiger partial charge >= 0.3 is 5.97 Å². The first-order valence-corrected chi connectivity index (χ1v) is 9.25. The van der Waals surface area contributed by atoms with E-state index < -0.39 is 11.4 Å². The van der Waals surface area contributed by atoms with Crippen LogP contribution in [-0.2, 0) is 4.79 Å². The Morgan fingerprint density at radius 2 is 1.80 bits per heavy atom. The van der Waals surface area contributed by atoms with E-state index >= 15 is 0 Å². The molecule has 0 saturated carbocycles. The first-order valence-electron chi connectivity index (χ1n) is 9.25. The zero-order valence-electron chi connectivity index (χ0n) is 15.3. The molecular formula is C19H29N3O3. The summed E-state index contributed by atoms with van der Waals surface area (Å²) in [7, 11) is 0. The van der Waals surface area contributed by atoms with Crippen LogP contribution in [0.25, 0.3) is 0 Å². The third kappa shape index (κ3) is 4.71. The molecular weight excluding hydrogens is 318 g/mol.